The van der Waals surface area contributed by atoms with E-state index in [0.29, 0.717) is 19.0 Å². The van der Waals surface area contributed by atoms with Gasteiger partial charge in [0.25, 0.3) is 5.91 Å². The number of rotatable bonds is 5. The summed E-state index contributed by atoms with van der Waals surface area (Å²) in [5.74, 6) is 0.485. The monoisotopic (exact) mass is 413 g/mol. The number of nitrogens with zero attached hydrogens (tertiary/aromatic N) is 2. The van der Waals surface area contributed by atoms with E-state index in [2.05, 4.69) is 41.5 Å². The number of piperidine rings is 1. The maximum atomic E-state index is 13.1. The smallest absolute Gasteiger partial charge is 0.265 e. The van der Waals surface area contributed by atoms with Gasteiger partial charge >= 0.3 is 0 Å². The zero-order chi connectivity index (χ0) is 21.1. The molecule has 5 nitrogen and oxygen atoms in total. The molecule has 1 aliphatic rings. The van der Waals surface area contributed by atoms with Gasteiger partial charge in [0, 0.05) is 30.6 Å². The first-order chi connectivity index (χ1) is 13.8. The molecular formula is C23H31N3O2S. The highest BCUT2D eigenvalue weighted by molar-refractivity contribution is 7.17. The fourth-order valence-corrected chi connectivity index (χ4v) is 4.83. The van der Waals surface area contributed by atoms with Gasteiger partial charge in [0.05, 0.1) is 5.69 Å². The standard InChI is InChI=1S/C23H31N3O2S/c1-14(2)24-21(27)16(4)18-10-12-26(13-11-18)23(28)20-17(5)25-22(29-20)19-8-6-15(3)7-9-19/h6-9,14,16,18H,10-13H2,1-5H3,(H,24,27)/t16-/m1/s1. The molecule has 2 heterocycles. The van der Waals surface area contributed by atoms with Crippen molar-refractivity contribution in [3.63, 3.8) is 0 Å². The zero-order valence-electron chi connectivity index (χ0n) is 18.0. The van der Waals surface area contributed by atoms with Crippen LogP contribution in [0.4, 0.5) is 0 Å². The van der Waals surface area contributed by atoms with Gasteiger partial charge in [0.2, 0.25) is 5.91 Å². The van der Waals surface area contributed by atoms with Gasteiger partial charge in [-0.25, -0.2) is 4.98 Å². The van der Waals surface area contributed by atoms with Crippen LogP contribution < -0.4 is 5.32 Å². The molecule has 2 aromatic rings. The summed E-state index contributed by atoms with van der Waals surface area (Å²) >= 11 is 1.47. The Hall–Kier alpha value is -2.21. The second kappa shape index (κ2) is 9.08. The number of hydrogen-bond donors (Lipinski definition) is 1. The van der Waals surface area contributed by atoms with Crippen molar-refractivity contribution < 1.29 is 9.59 Å². The lowest BCUT2D eigenvalue weighted by Gasteiger charge is -2.34. The van der Waals surface area contributed by atoms with E-state index in [0.717, 1.165) is 34.0 Å². The Morgan fingerprint density at radius 3 is 2.31 bits per heavy atom. The highest BCUT2D eigenvalue weighted by Crippen LogP contribution is 2.31. The number of aromatic nitrogens is 1. The minimum absolute atomic E-state index is 0.0204. The number of nitrogens with one attached hydrogen (secondary N) is 1. The van der Waals surface area contributed by atoms with E-state index < -0.39 is 0 Å². The fourth-order valence-electron chi connectivity index (χ4n) is 3.79. The summed E-state index contributed by atoms with van der Waals surface area (Å²) < 4.78 is 0. The summed E-state index contributed by atoms with van der Waals surface area (Å²) in [5.41, 5.74) is 3.05. The number of likely N-dealkylation sites (tertiary alicyclic amines) is 1. The van der Waals surface area contributed by atoms with E-state index in [9.17, 15) is 9.59 Å². The molecule has 2 amide bonds. The van der Waals surface area contributed by atoms with Gasteiger partial charge < -0.3 is 10.2 Å². The molecular weight excluding hydrogens is 382 g/mol. The summed E-state index contributed by atoms with van der Waals surface area (Å²) in [6.07, 6.45) is 1.72. The Balaban J connectivity index is 1.64. The van der Waals surface area contributed by atoms with Gasteiger partial charge in [-0.3, -0.25) is 9.59 Å². The molecule has 6 heteroatoms. The maximum absolute atomic E-state index is 13.1. The van der Waals surface area contributed by atoms with Crippen LogP contribution in [-0.2, 0) is 4.79 Å². The molecule has 156 valence electrons. The number of aryl methyl sites for hydroxylation is 2. The Labute approximate surface area is 177 Å². The van der Waals surface area contributed by atoms with Crippen LogP contribution in [-0.4, -0.2) is 40.8 Å². The van der Waals surface area contributed by atoms with Crippen molar-refractivity contribution in [3.8, 4) is 10.6 Å². The van der Waals surface area contributed by atoms with Crippen LogP contribution in [0.25, 0.3) is 10.6 Å². The largest absolute Gasteiger partial charge is 0.354 e. The minimum atomic E-state index is -0.0204. The Kier molecular flexibility index (Phi) is 6.73. The third kappa shape index (κ3) is 5.04. The highest BCUT2D eigenvalue weighted by Gasteiger charge is 2.31. The summed E-state index contributed by atoms with van der Waals surface area (Å²) in [4.78, 5) is 32.7. The molecule has 1 atom stereocenters. The molecule has 1 fully saturated rings. The van der Waals surface area contributed by atoms with Gasteiger partial charge in [-0.05, 0) is 46.5 Å². The van der Waals surface area contributed by atoms with Crippen LogP contribution in [0.1, 0.15) is 54.5 Å². The van der Waals surface area contributed by atoms with Crippen LogP contribution >= 0.6 is 11.3 Å². The molecule has 1 saturated heterocycles. The number of thiazole rings is 1. The first-order valence-electron chi connectivity index (χ1n) is 10.4. The Bertz CT molecular complexity index is 865. The second-order valence-electron chi connectivity index (χ2n) is 8.38. The van der Waals surface area contributed by atoms with Crippen LogP contribution in [0, 0.1) is 25.7 Å². The van der Waals surface area contributed by atoms with Crippen molar-refractivity contribution in [1.82, 2.24) is 15.2 Å². The highest BCUT2D eigenvalue weighted by atomic mass is 32.1. The maximum Gasteiger partial charge on any atom is 0.265 e. The van der Waals surface area contributed by atoms with Gasteiger partial charge in [0.15, 0.2) is 0 Å². The van der Waals surface area contributed by atoms with E-state index in [-0.39, 0.29) is 23.8 Å². The molecule has 1 aliphatic heterocycles. The average Bonchev–Trinajstić information content (AvgIpc) is 3.08. The lowest BCUT2D eigenvalue weighted by atomic mass is 9.84. The number of hydrogen-bond acceptors (Lipinski definition) is 4. The molecule has 0 spiro atoms. The number of carbonyl (C=O) groups is 2. The normalized spacial score (nSPS) is 16.1. The molecule has 0 unspecified atom stereocenters. The summed E-state index contributed by atoms with van der Waals surface area (Å²) in [7, 11) is 0. The van der Waals surface area contributed by atoms with Crippen molar-refractivity contribution in [2.75, 3.05) is 13.1 Å². The topological polar surface area (TPSA) is 62.3 Å². The van der Waals surface area contributed by atoms with E-state index >= 15 is 0 Å². The summed E-state index contributed by atoms with van der Waals surface area (Å²) in [5, 5.41) is 3.89. The van der Waals surface area contributed by atoms with E-state index in [1.54, 1.807) is 0 Å². The zero-order valence-corrected chi connectivity index (χ0v) is 18.8. The second-order valence-corrected chi connectivity index (χ2v) is 9.38. The molecule has 0 radical (unpaired) electrons. The lowest BCUT2D eigenvalue weighted by Crippen LogP contribution is -2.43. The number of amides is 2. The predicted octanol–water partition coefficient (Wildman–Crippen LogP) is 4.44. The minimum Gasteiger partial charge on any atom is -0.354 e. The van der Waals surface area contributed by atoms with Crippen molar-refractivity contribution in [3.05, 3.63) is 40.4 Å². The molecule has 0 aliphatic carbocycles. The third-order valence-corrected chi connectivity index (χ3v) is 6.86. The third-order valence-electron chi connectivity index (χ3n) is 5.67. The first-order valence-corrected chi connectivity index (χ1v) is 11.2. The SMILES string of the molecule is Cc1ccc(-c2nc(C)c(C(=O)N3CCC([C@@H](C)C(=O)NC(C)C)CC3)s2)cc1. The van der Waals surface area contributed by atoms with Crippen LogP contribution in [0.3, 0.4) is 0 Å². The van der Waals surface area contributed by atoms with E-state index in [1.807, 2.05) is 32.6 Å². The molecule has 29 heavy (non-hydrogen) atoms. The molecule has 0 saturated carbocycles. The summed E-state index contributed by atoms with van der Waals surface area (Å²) in [6, 6.07) is 8.39. The van der Waals surface area contributed by atoms with Crippen LogP contribution in [0.2, 0.25) is 0 Å². The lowest BCUT2D eigenvalue weighted by molar-refractivity contribution is -0.127. The van der Waals surface area contributed by atoms with E-state index in [4.69, 9.17) is 0 Å². The fraction of sp³-hybridized carbons (Fsp3) is 0.522. The van der Waals surface area contributed by atoms with Crippen LogP contribution in [0.5, 0.6) is 0 Å². The van der Waals surface area contributed by atoms with Crippen molar-refractivity contribution in [2.45, 2.75) is 53.5 Å². The average molecular weight is 414 g/mol. The van der Waals surface area contributed by atoms with Crippen LogP contribution in [0.15, 0.2) is 24.3 Å². The quantitative estimate of drug-likeness (QED) is 0.788. The van der Waals surface area contributed by atoms with Gasteiger partial charge in [-0.1, -0.05) is 36.8 Å². The van der Waals surface area contributed by atoms with Gasteiger partial charge in [-0.2, -0.15) is 0 Å². The molecule has 1 aromatic heterocycles. The molecule has 1 aromatic carbocycles. The predicted molar refractivity (Wildman–Crippen MR) is 118 cm³/mol. The van der Waals surface area contributed by atoms with Crippen molar-refractivity contribution >= 4 is 23.2 Å². The molecule has 0 bridgehead atoms. The van der Waals surface area contributed by atoms with Gasteiger partial charge in [0.1, 0.15) is 9.88 Å². The number of benzene rings is 1. The molecule has 3 rings (SSSR count). The Morgan fingerprint density at radius 1 is 1.10 bits per heavy atom. The molecule has 1 N–H and O–H groups in total. The van der Waals surface area contributed by atoms with E-state index in [1.165, 1.54) is 16.9 Å². The van der Waals surface area contributed by atoms with Crippen molar-refractivity contribution in [1.29, 1.82) is 0 Å². The first kappa shape index (κ1) is 21.5. The summed E-state index contributed by atoms with van der Waals surface area (Å²) in [6.45, 7) is 11.3. The number of carbonyl (C=O) groups excluding carboxylic acids is 2. The van der Waals surface area contributed by atoms with Crippen molar-refractivity contribution in [2.24, 2.45) is 11.8 Å². The Morgan fingerprint density at radius 2 is 1.72 bits per heavy atom. The van der Waals surface area contributed by atoms with Gasteiger partial charge in [-0.15, -0.1) is 11.3 Å².